The van der Waals surface area contributed by atoms with Gasteiger partial charge in [-0.05, 0) is 43.7 Å². The van der Waals surface area contributed by atoms with E-state index in [4.69, 9.17) is 14.2 Å². The average Bonchev–Trinajstić information content (AvgIpc) is 3.47. The summed E-state index contributed by atoms with van der Waals surface area (Å²) in [6.45, 7) is 4.29. The Morgan fingerprint density at radius 2 is 1.62 bits per heavy atom. The first-order valence-electron chi connectivity index (χ1n) is 13.2. The molecule has 0 radical (unpaired) electrons. The molecule has 1 aromatic carbocycles. The lowest BCUT2D eigenvalue weighted by molar-refractivity contribution is 0.0463. The van der Waals surface area contributed by atoms with E-state index in [-0.39, 0.29) is 43.3 Å². The van der Waals surface area contributed by atoms with Crippen LogP contribution in [-0.4, -0.2) is 66.5 Å². The molecule has 0 spiro atoms. The highest BCUT2D eigenvalue weighted by Crippen LogP contribution is 2.47. The summed E-state index contributed by atoms with van der Waals surface area (Å²) in [4.78, 5) is 3.38. The Morgan fingerprint density at radius 3 is 2.21 bits per heavy atom. The van der Waals surface area contributed by atoms with Crippen LogP contribution in [0.15, 0.2) is 52.8 Å². The lowest BCUT2D eigenvalue weighted by atomic mass is 9.94. The number of ether oxygens (including phenoxy) is 3. The summed E-state index contributed by atoms with van der Waals surface area (Å²) >= 11 is 1.40. The highest BCUT2D eigenvalue weighted by molar-refractivity contribution is 7.14. The van der Waals surface area contributed by atoms with Crippen LogP contribution in [0, 0.1) is 34.0 Å². The maximum atomic E-state index is 9.84. The van der Waals surface area contributed by atoms with E-state index in [2.05, 4.69) is 6.07 Å². The summed E-state index contributed by atoms with van der Waals surface area (Å²) in [5.74, 6) is 0.981. The van der Waals surface area contributed by atoms with Crippen LogP contribution in [0.4, 0.5) is 5.69 Å². The molecular formula is C31H30N4O6S. The molecule has 1 atom stereocenters. The standard InChI is InChI=1S/C31H30N4O6S/c1-31(2)25(24(17-34)28(41-31)21(15-32)16-33)8-10-27-30-29(39-19-23(18-38)40-30)26(42-27)9-5-20-3-6-22(7-4-20)35(11-13-36)12-14-37/h3-10,23,36-38H,11-14,18-19H2,1-2H3/b9-5+,10-8+. The molecule has 11 heteroatoms. The molecule has 216 valence electrons. The maximum absolute atomic E-state index is 9.84. The Kier molecular flexibility index (Phi) is 9.69. The van der Waals surface area contributed by atoms with Crippen LogP contribution in [0.1, 0.15) is 29.2 Å². The minimum Gasteiger partial charge on any atom is -0.484 e. The van der Waals surface area contributed by atoms with Crippen LogP contribution in [0.5, 0.6) is 11.5 Å². The molecule has 2 aliphatic heterocycles. The predicted molar refractivity (Wildman–Crippen MR) is 158 cm³/mol. The van der Waals surface area contributed by atoms with Crippen molar-refractivity contribution in [3.63, 3.8) is 0 Å². The van der Waals surface area contributed by atoms with Gasteiger partial charge in [0, 0.05) is 24.4 Å². The van der Waals surface area contributed by atoms with Crippen molar-refractivity contribution >= 4 is 35.3 Å². The van der Waals surface area contributed by atoms with Gasteiger partial charge in [0.25, 0.3) is 0 Å². The van der Waals surface area contributed by atoms with E-state index in [0.29, 0.717) is 35.0 Å². The number of hydrogen-bond donors (Lipinski definition) is 3. The van der Waals surface area contributed by atoms with Crippen molar-refractivity contribution in [3.05, 3.63) is 68.1 Å². The first-order valence-corrected chi connectivity index (χ1v) is 14.0. The van der Waals surface area contributed by atoms with Gasteiger partial charge < -0.3 is 34.4 Å². The molecule has 42 heavy (non-hydrogen) atoms. The largest absolute Gasteiger partial charge is 0.484 e. The topological polar surface area (TPSA) is 163 Å². The first-order chi connectivity index (χ1) is 20.3. The van der Waals surface area contributed by atoms with Gasteiger partial charge in [-0.2, -0.15) is 15.8 Å². The molecule has 0 saturated heterocycles. The summed E-state index contributed by atoms with van der Waals surface area (Å²) in [5, 5.41) is 56.8. The first kappa shape index (κ1) is 30.4. The Balaban J connectivity index is 1.68. The Labute approximate surface area is 248 Å². The number of hydrogen-bond acceptors (Lipinski definition) is 11. The zero-order valence-corrected chi connectivity index (χ0v) is 24.0. The van der Waals surface area contributed by atoms with Crippen molar-refractivity contribution in [2.75, 3.05) is 44.4 Å². The van der Waals surface area contributed by atoms with E-state index >= 15 is 0 Å². The molecule has 3 N–H and O–H groups in total. The Bertz CT molecular complexity index is 1540. The number of anilines is 1. The van der Waals surface area contributed by atoms with E-state index in [1.165, 1.54) is 11.3 Å². The van der Waals surface area contributed by atoms with Crippen LogP contribution in [0.2, 0.25) is 0 Å². The van der Waals surface area contributed by atoms with Crippen molar-refractivity contribution in [1.82, 2.24) is 0 Å². The Hall–Kier alpha value is -4.57. The lowest BCUT2D eigenvalue weighted by Gasteiger charge is -2.24. The number of fused-ring (bicyclic) bond motifs is 1. The van der Waals surface area contributed by atoms with Crippen LogP contribution < -0.4 is 14.4 Å². The molecule has 1 aromatic heterocycles. The summed E-state index contributed by atoms with van der Waals surface area (Å²) in [6, 6.07) is 13.4. The van der Waals surface area contributed by atoms with Gasteiger partial charge in [-0.1, -0.05) is 24.3 Å². The quantitative estimate of drug-likeness (QED) is 0.349. The third kappa shape index (κ3) is 6.33. The van der Waals surface area contributed by atoms with Crippen molar-refractivity contribution in [3.8, 4) is 29.7 Å². The SMILES string of the molecule is CC1(C)OC(=C(C#N)C#N)C(C#N)=C1/C=C/c1sc(/C=C/c2ccc(N(CCO)CCO)cc2)c2c1OC(CO)CO2. The second-order valence-electron chi connectivity index (χ2n) is 9.86. The molecule has 3 heterocycles. The fourth-order valence-electron chi connectivity index (χ4n) is 4.59. The number of benzene rings is 1. The average molecular weight is 587 g/mol. The molecule has 2 aromatic rings. The number of allylic oxidation sites excluding steroid dienone is 2. The minimum atomic E-state index is -0.961. The second kappa shape index (κ2) is 13.4. The van der Waals surface area contributed by atoms with Crippen LogP contribution in [-0.2, 0) is 4.74 Å². The van der Waals surface area contributed by atoms with E-state index < -0.39 is 11.7 Å². The number of nitriles is 3. The van der Waals surface area contributed by atoms with E-state index in [9.17, 15) is 31.1 Å². The van der Waals surface area contributed by atoms with E-state index in [1.54, 1.807) is 38.1 Å². The van der Waals surface area contributed by atoms with Crippen molar-refractivity contribution in [2.24, 2.45) is 0 Å². The number of thiophene rings is 1. The molecule has 0 amide bonds. The summed E-state index contributed by atoms with van der Waals surface area (Å²) in [6.07, 6.45) is 6.79. The number of rotatable bonds is 10. The van der Waals surface area contributed by atoms with Crippen molar-refractivity contribution in [1.29, 1.82) is 15.8 Å². The monoisotopic (exact) mass is 586 g/mol. The maximum Gasteiger partial charge on any atom is 0.180 e. The third-order valence-electron chi connectivity index (χ3n) is 6.67. The van der Waals surface area contributed by atoms with Gasteiger partial charge >= 0.3 is 0 Å². The highest BCUT2D eigenvalue weighted by Gasteiger charge is 2.39. The predicted octanol–water partition coefficient (Wildman–Crippen LogP) is 3.79. The molecule has 0 saturated carbocycles. The fraction of sp³-hybridized carbons (Fsp3) is 0.323. The summed E-state index contributed by atoms with van der Waals surface area (Å²) in [7, 11) is 0. The van der Waals surface area contributed by atoms with Gasteiger partial charge in [-0.15, -0.1) is 11.3 Å². The van der Waals surface area contributed by atoms with Gasteiger partial charge in [0.15, 0.2) is 28.9 Å². The molecular weight excluding hydrogens is 556 g/mol. The molecule has 2 aliphatic rings. The van der Waals surface area contributed by atoms with Crippen LogP contribution in [0.25, 0.3) is 18.2 Å². The van der Waals surface area contributed by atoms with Crippen LogP contribution >= 0.6 is 11.3 Å². The van der Waals surface area contributed by atoms with Gasteiger partial charge in [0.2, 0.25) is 0 Å². The number of aliphatic hydroxyl groups excluding tert-OH is 3. The zero-order chi connectivity index (χ0) is 30.3. The van der Waals surface area contributed by atoms with Gasteiger partial charge in [-0.3, -0.25) is 0 Å². The third-order valence-corrected chi connectivity index (χ3v) is 7.75. The van der Waals surface area contributed by atoms with E-state index in [1.807, 2.05) is 41.3 Å². The smallest absolute Gasteiger partial charge is 0.180 e. The molecule has 4 rings (SSSR count). The van der Waals surface area contributed by atoms with Gasteiger partial charge in [0.1, 0.15) is 36.0 Å². The number of nitrogens with zero attached hydrogens (tertiary/aromatic N) is 4. The Morgan fingerprint density at radius 1 is 0.976 bits per heavy atom. The normalized spacial score (nSPS) is 17.2. The minimum absolute atomic E-state index is 0.0145. The molecule has 0 aliphatic carbocycles. The lowest BCUT2D eigenvalue weighted by Crippen LogP contribution is -2.32. The van der Waals surface area contributed by atoms with Gasteiger partial charge in [0.05, 0.1) is 29.6 Å². The summed E-state index contributed by atoms with van der Waals surface area (Å²) < 4.78 is 17.9. The molecule has 0 fully saturated rings. The zero-order valence-electron chi connectivity index (χ0n) is 23.2. The van der Waals surface area contributed by atoms with Crippen molar-refractivity contribution < 1.29 is 29.5 Å². The molecule has 1 unspecified atom stereocenters. The second-order valence-corrected chi connectivity index (χ2v) is 10.9. The molecule has 10 nitrogen and oxygen atoms in total. The fourth-order valence-corrected chi connectivity index (χ4v) is 5.58. The molecule has 0 bridgehead atoms. The van der Waals surface area contributed by atoms with E-state index in [0.717, 1.165) is 16.1 Å². The summed E-state index contributed by atoms with van der Waals surface area (Å²) in [5.41, 5.74) is 1.21. The number of aliphatic hydroxyl groups is 3. The van der Waals surface area contributed by atoms with Crippen molar-refractivity contribution in [2.45, 2.75) is 25.6 Å². The highest BCUT2D eigenvalue weighted by atomic mass is 32.1. The van der Waals surface area contributed by atoms with Crippen LogP contribution in [0.3, 0.4) is 0 Å². The van der Waals surface area contributed by atoms with Gasteiger partial charge in [-0.25, -0.2) is 0 Å².